The van der Waals surface area contributed by atoms with E-state index in [1.165, 1.54) is 17.4 Å². The smallest absolute Gasteiger partial charge is 0.857 e. The van der Waals surface area contributed by atoms with Gasteiger partial charge in [-0.3, -0.25) is 14.4 Å². The fourth-order valence-corrected chi connectivity index (χ4v) is 11.2. The van der Waals surface area contributed by atoms with E-state index in [9.17, 15) is 24.0 Å². The number of hydrogen-bond acceptors (Lipinski definition) is 19. The van der Waals surface area contributed by atoms with Gasteiger partial charge in [0.05, 0.1) is 76.6 Å². The van der Waals surface area contributed by atoms with Gasteiger partial charge in [0, 0.05) is 62.5 Å². The largest absolute Gasteiger partial charge is 1.00 e. The first-order valence-electron chi connectivity index (χ1n) is 30.1. The molecule has 5 N–H and O–H groups in total. The van der Waals surface area contributed by atoms with E-state index in [1.54, 1.807) is 83.0 Å². The van der Waals surface area contributed by atoms with Crippen LogP contribution in [-0.4, -0.2) is 78.4 Å². The first kappa shape index (κ1) is 84.8. The number of thiazole rings is 1. The number of thiocarbonyl (C=S) groups is 3. The summed E-state index contributed by atoms with van der Waals surface area (Å²) in [4.78, 5) is 67.6. The van der Waals surface area contributed by atoms with Gasteiger partial charge in [0.1, 0.15) is 28.6 Å². The number of Topliss-reactive ketones (excluding diaryl/α,β-unsaturated/α-hetero) is 2. The van der Waals surface area contributed by atoms with Crippen LogP contribution in [0.2, 0.25) is 10.0 Å². The third-order valence-corrected chi connectivity index (χ3v) is 16.7. The number of carbonyl (C=O) groups is 3. The topological polar surface area (TPSA) is 261 Å². The molecular weight excluding hydrogens is 1480 g/mol. The third kappa shape index (κ3) is 25.5. The number of carbonyl (C=O) groups excluding carboxylic acids is 3. The molecule has 518 valence electrons. The van der Waals surface area contributed by atoms with Gasteiger partial charge in [-0.25, -0.2) is 14.6 Å². The molecule has 0 saturated carbocycles. The molecule has 0 bridgehead atoms. The standard InChI is InChI=1S/C20H15ClN2O3S.C18H18O2S.C11H6BrClO3.C10H13NOS.C8H5NOS.C8H11NO.CH3O.Na/c1-11-5-3-8-16(25-2)17(11)23-20-22-15(10-27-20)13-9-12-6-4-7-14(21)18(12)26-19(13)24;1-13-7-6-10-18(20-2)16(13)11-15(21)12-17(19)14-8-4-3-5-9-14;12-5-9(14)7-4-6-2-1-3-8(13)10(6)16-11(7)15;1-7-4-3-5-9(12-2)8(7)6-10(11)13;10-8(9-6-11)7-4-2-1-3-5-7;1-6-4-3-5-7(10-2)8(6)9;1-2;/h3-10H,1-2H3,(H,22,23);3-10H,11-12H2,1-2H3;1-4H,5H2;3-5H,6H2,1-2H3,(H2,11,13);1-5H;3-5H,9H2,1-2H3;1H3;/q;;;;;;-1;+1. The molecule has 0 aliphatic heterocycles. The van der Waals surface area contributed by atoms with Crippen LogP contribution in [0.1, 0.15) is 70.9 Å². The zero-order valence-electron chi connectivity index (χ0n) is 56.9. The summed E-state index contributed by atoms with van der Waals surface area (Å²) in [6.07, 6.45) is 1.48. The number of nitrogen functional groups attached to an aromatic ring is 1. The molecule has 0 atom stereocenters. The molecule has 3 aromatic heterocycles. The van der Waals surface area contributed by atoms with Gasteiger partial charge in [0.2, 0.25) is 0 Å². The number of ketones is 2. The SMILES string of the molecule is COc1cccc(C)c1CC(=S)CC(=O)c1ccccc1.COc1cccc(C)c1CC(N)=S.COc1cccc(C)c1N.COc1cccc(C)c1Nc1nc(-c2cc3cccc(Cl)c3oc2=O)cs1.C[O-].O=C(CBr)c1cc2cccc(Cl)c2oc1=O.O=C(N=C=S)c1ccccc1.[Na+]. The van der Waals surface area contributed by atoms with E-state index in [0.29, 0.717) is 71.9 Å². The maximum atomic E-state index is 12.4. The molecule has 1 amide bonds. The van der Waals surface area contributed by atoms with Crippen LogP contribution in [0.5, 0.6) is 23.0 Å². The number of isothiocyanates is 1. The normalized spacial score (nSPS) is 9.87. The Bertz CT molecular complexity index is 4810. The predicted molar refractivity (Wildman–Crippen MR) is 417 cm³/mol. The number of nitrogens with one attached hydrogen (secondary N) is 1. The van der Waals surface area contributed by atoms with Crippen molar-refractivity contribution in [1.29, 1.82) is 0 Å². The molecule has 11 aromatic rings. The fraction of sp³-hybridized carbons (Fsp3) is 0.171. The second-order valence-electron chi connectivity index (χ2n) is 21.0. The number of amides is 1. The van der Waals surface area contributed by atoms with Crippen molar-refractivity contribution in [3.8, 4) is 34.3 Å². The summed E-state index contributed by atoms with van der Waals surface area (Å²) in [6, 6.07) is 55.0. The third-order valence-electron chi connectivity index (χ3n) is 14.3. The maximum Gasteiger partial charge on any atom is 1.00 e. The minimum absolute atomic E-state index is 0. The van der Waals surface area contributed by atoms with Gasteiger partial charge in [-0.15, -0.1) is 11.3 Å². The minimum Gasteiger partial charge on any atom is -0.857 e. The van der Waals surface area contributed by atoms with Gasteiger partial charge in [-0.2, -0.15) is 12.1 Å². The molecular formula is C76H71BrCl2N5NaO12S4. The Labute approximate surface area is 646 Å². The van der Waals surface area contributed by atoms with E-state index in [1.807, 2.05) is 160 Å². The van der Waals surface area contributed by atoms with E-state index >= 15 is 0 Å². The van der Waals surface area contributed by atoms with Gasteiger partial charge in [0.25, 0.3) is 5.91 Å². The number of anilines is 3. The van der Waals surface area contributed by atoms with Crippen molar-refractivity contribution < 1.29 is 76.8 Å². The Kier molecular flexibility index (Phi) is 36.9. The number of nitrogens with two attached hydrogens (primary N) is 2. The number of rotatable bonds is 17. The fourth-order valence-electron chi connectivity index (χ4n) is 9.24. The summed E-state index contributed by atoms with van der Waals surface area (Å²) in [5.74, 6) is 2.56. The summed E-state index contributed by atoms with van der Waals surface area (Å²) in [7, 11) is 7.29. The van der Waals surface area contributed by atoms with Crippen molar-refractivity contribution in [3.05, 3.63) is 268 Å². The molecule has 25 heteroatoms. The van der Waals surface area contributed by atoms with Crippen molar-refractivity contribution in [3.63, 3.8) is 0 Å². The Morgan fingerprint density at radius 1 is 0.614 bits per heavy atom. The van der Waals surface area contributed by atoms with E-state index in [4.69, 9.17) is 92.0 Å². The number of aliphatic imine (C=N–C) groups is 1. The number of aromatic nitrogens is 1. The predicted octanol–water partition coefficient (Wildman–Crippen LogP) is 14.2. The number of hydrogen-bond donors (Lipinski definition) is 3. The quantitative estimate of drug-likeness (QED) is 0.0145. The van der Waals surface area contributed by atoms with Crippen LogP contribution in [0.4, 0.5) is 16.5 Å². The maximum absolute atomic E-state index is 12.4. The number of benzene rings is 8. The number of fused-ring (bicyclic) bond motifs is 2. The van der Waals surface area contributed by atoms with Crippen LogP contribution in [0.15, 0.2) is 211 Å². The van der Waals surface area contributed by atoms with Gasteiger partial charge in [-0.05, 0) is 123 Å². The number of halogens is 3. The zero-order valence-corrected chi connectivity index (χ0v) is 65.3. The van der Waals surface area contributed by atoms with E-state index < -0.39 is 11.3 Å². The number of para-hydroxylation sites is 4. The summed E-state index contributed by atoms with van der Waals surface area (Å²) >= 11 is 30.9. The summed E-state index contributed by atoms with van der Waals surface area (Å²) in [6.45, 7) is 7.99. The molecule has 0 spiro atoms. The molecule has 0 saturated heterocycles. The van der Waals surface area contributed by atoms with Gasteiger partial charge in [0.15, 0.2) is 27.9 Å². The first-order chi connectivity index (χ1) is 48.0. The van der Waals surface area contributed by atoms with Gasteiger partial charge < -0.3 is 49.7 Å². The molecule has 0 unspecified atom stereocenters. The van der Waals surface area contributed by atoms with Crippen molar-refractivity contribution in [2.24, 2.45) is 10.7 Å². The van der Waals surface area contributed by atoms with Crippen LogP contribution in [-0.2, 0) is 12.8 Å². The summed E-state index contributed by atoms with van der Waals surface area (Å²) in [5, 5.41) is 18.3. The van der Waals surface area contributed by atoms with Crippen molar-refractivity contribution in [1.82, 2.24) is 4.98 Å². The average molecular weight is 1550 g/mol. The number of methoxy groups -OCH3 is 4. The van der Waals surface area contributed by atoms with Crippen molar-refractivity contribution in [2.75, 3.05) is 51.9 Å². The Balaban J connectivity index is 0.000000264. The van der Waals surface area contributed by atoms with Crippen LogP contribution < -0.4 is 81.6 Å². The van der Waals surface area contributed by atoms with Crippen LogP contribution in [0, 0.1) is 27.7 Å². The number of ether oxygens (including phenoxy) is 4. The molecule has 8 aromatic carbocycles. The van der Waals surface area contributed by atoms with Crippen LogP contribution >= 0.6 is 87.1 Å². The van der Waals surface area contributed by atoms with Crippen molar-refractivity contribution >= 4 is 158 Å². The van der Waals surface area contributed by atoms with Gasteiger partial charge >= 0.3 is 40.8 Å². The molecule has 17 nitrogen and oxygen atoms in total. The van der Waals surface area contributed by atoms with Crippen LogP contribution in [0.3, 0.4) is 0 Å². The molecule has 101 heavy (non-hydrogen) atoms. The summed E-state index contributed by atoms with van der Waals surface area (Å²) < 4.78 is 31.4. The molecule has 0 aliphatic carbocycles. The second kappa shape index (κ2) is 43.9. The summed E-state index contributed by atoms with van der Waals surface area (Å²) in [5.41, 5.74) is 21.0. The molecule has 11 rings (SSSR count). The molecule has 3 heterocycles. The Morgan fingerprint density at radius 3 is 1.58 bits per heavy atom. The molecule has 0 fully saturated rings. The minimum atomic E-state index is -0.662. The first-order valence-corrected chi connectivity index (χ1v) is 34.0. The second-order valence-corrected chi connectivity index (χ2v) is 24.5. The molecule has 0 radical (unpaired) electrons. The monoisotopic (exact) mass is 1550 g/mol. The zero-order chi connectivity index (χ0) is 73.4. The van der Waals surface area contributed by atoms with E-state index in [2.05, 4.69) is 43.4 Å². The Hall–Kier alpha value is -8.58. The van der Waals surface area contributed by atoms with E-state index in [-0.39, 0.29) is 64.3 Å². The van der Waals surface area contributed by atoms with Crippen LogP contribution in [0.25, 0.3) is 33.2 Å². The Morgan fingerprint density at radius 2 is 1.08 bits per heavy atom. The number of nitrogens with zero attached hydrogens (tertiary/aromatic N) is 2. The van der Waals surface area contributed by atoms with Crippen molar-refractivity contribution in [2.45, 2.75) is 47.0 Å². The molecule has 0 aliphatic rings. The number of alkyl halides is 1. The van der Waals surface area contributed by atoms with E-state index in [0.717, 1.165) is 85.1 Å². The van der Waals surface area contributed by atoms with Gasteiger partial charge in [-0.1, -0.05) is 185 Å². The number of aryl methyl sites for hydroxylation is 4. The average Bonchev–Trinajstić information content (AvgIpc) is 1.79.